The number of halogens is 1. The van der Waals surface area contributed by atoms with Crippen molar-refractivity contribution in [3.63, 3.8) is 0 Å². The minimum atomic E-state index is 0.263. The van der Waals surface area contributed by atoms with E-state index >= 15 is 0 Å². The average Bonchev–Trinajstić information content (AvgIpc) is 2.26. The van der Waals surface area contributed by atoms with Crippen molar-refractivity contribution in [3.8, 4) is 0 Å². The fourth-order valence-corrected chi connectivity index (χ4v) is 2.48. The average molecular weight is 310 g/mol. The third-order valence-corrected chi connectivity index (χ3v) is 3.68. The van der Waals surface area contributed by atoms with Crippen LogP contribution < -0.4 is 8.85 Å². The summed E-state index contributed by atoms with van der Waals surface area (Å²) >= 11 is 2.20. The Morgan fingerprint density at radius 1 is 1.36 bits per heavy atom. The molecule has 4 heteroatoms. The van der Waals surface area contributed by atoms with Crippen LogP contribution in [-0.2, 0) is 4.79 Å². The lowest BCUT2D eigenvalue weighted by Crippen LogP contribution is -2.36. The van der Waals surface area contributed by atoms with Crippen molar-refractivity contribution in [3.05, 3.63) is 0 Å². The van der Waals surface area contributed by atoms with Crippen LogP contribution in [0.25, 0.3) is 0 Å². The van der Waals surface area contributed by atoms with Gasteiger partial charge in [0.1, 0.15) is 0 Å². The van der Waals surface area contributed by atoms with Gasteiger partial charge in [-0.2, -0.15) is 0 Å². The van der Waals surface area contributed by atoms with E-state index in [0.29, 0.717) is 6.04 Å². The zero-order valence-corrected chi connectivity index (χ0v) is 10.8. The van der Waals surface area contributed by atoms with Gasteiger partial charge in [-0.05, 0) is 32.1 Å². The van der Waals surface area contributed by atoms with E-state index in [1.54, 1.807) is 0 Å². The largest absolute Gasteiger partial charge is 0.356 e. The highest BCUT2D eigenvalue weighted by molar-refractivity contribution is 14.1. The van der Waals surface area contributed by atoms with E-state index in [4.69, 9.17) is 0 Å². The third kappa shape index (κ3) is 3.73. The number of nitrogens with one attached hydrogen (secondary N) is 2. The SMILES string of the molecule is CCCNC(=O)[C@H]1CC[C@H](NI)CC1. The quantitative estimate of drug-likeness (QED) is 0.616. The van der Waals surface area contributed by atoms with Gasteiger partial charge in [-0.3, -0.25) is 8.32 Å². The molecule has 1 amide bonds. The van der Waals surface area contributed by atoms with Gasteiger partial charge < -0.3 is 5.32 Å². The predicted molar refractivity (Wildman–Crippen MR) is 66.2 cm³/mol. The molecule has 0 unspecified atom stereocenters. The molecule has 0 atom stereocenters. The van der Waals surface area contributed by atoms with Gasteiger partial charge in [0.2, 0.25) is 5.91 Å². The van der Waals surface area contributed by atoms with E-state index in [1.807, 2.05) is 0 Å². The summed E-state index contributed by atoms with van der Waals surface area (Å²) in [5.74, 6) is 0.529. The molecule has 2 N–H and O–H groups in total. The van der Waals surface area contributed by atoms with Crippen LogP contribution in [0.15, 0.2) is 0 Å². The molecule has 0 aliphatic heterocycles. The normalized spacial score (nSPS) is 27.3. The van der Waals surface area contributed by atoms with Gasteiger partial charge in [-0.25, -0.2) is 0 Å². The topological polar surface area (TPSA) is 41.1 Å². The molecule has 3 nitrogen and oxygen atoms in total. The fraction of sp³-hybridized carbons (Fsp3) is 0.900. The van der Waals surface area contributed by atoms with Crippen LogP contribution in [0.2, 0.25) is 0 Å². The van der Waals surface area contributed by atoms with E-state index in [1.165, 1.54) is 0 Å². The van der Waals surface area contributed by atoms with Crippen molar-refractivity contribution in [1.29, 1.82) is 0 Å². The molecular formula is C10H19IN2O. The lowest BCUT2D eigenvalue weighted by molar-refractivity contribution is -0.125. The van der Waals surface area contributed by atoms with Gasteiger partial charge in [-0.15, -0.1) is 0 Å². The van der Waals surface area contributed by atoms with Crippen molar-refractivity contribution >= 4 is 28.8 Å². The minimum absolute atomic E-state index is 0.263. The maximum Gasteiger partial charge on any atom is 0.223 e. The molecule has 0 heterocycles. The van der Waals surface area contributed by atoms with Crippen LogP contribution in [-0.4, -0.2) is 18.5 Å². The Hall–Kier alpha value is 0.160. The van der Waals surface area contributed by atoms with Crippen LogP contribution in [0.5, 0.6) is 0 Å². The monoisotopic (exact) mass is 310 g/mol. The number of rotatable bonds is 4. The van der Waals surface area contributed by atoms with Crippen LogP contribution in [0, 0.1) is 5.92 Å². The molecular weight excluding hydrogens is 291 g/mol. The summed E-state index contributed by atoms with van der Waals surface area (Å²) < 4.78 is 3.24. The Balaban J connectivity index is 2.23. The van der Waals surface area contributed by atoms with Crippen molar-refractivity contribution in [2.75, 3.05) is 6.54 Å². The molecule has 0 aromatic rings. The number of hydrogen-bond acceptors (Lipinski definition) is 2. The van der Waals surface area contributed by atoms with Crippen molar-refractivity contribution in [2.45, 2.75) is 45.1 Å². The summed E-state index contributed by atoms with van der Waals surface area (Å²) in [7, 11) is 0. The smallest absolute Gasteiger partial charge is 0.223 e. The summed E-state index contributed by atoms with van der Waals surface area (Å²) in [5, 5.41) is 2.97. The lowest BCUT2D eigenvalue weighted by Gasteiger charge is -2.26. The van der Waals surface area contributed by atoms with Gasteiger partial charge in [0.15, 0.2) is 0 Å². The van der Waals surface area contributed by atoms with Crippen molar-refractivity contribution in [2.24, 2.45) is 5.92 Å². The standard InChI is InChI=1S/C10H19IN2O/c1-2-7-12-10(14)8-3-5-9(13-11)6-4-8/h8-9,13H,2-7H2,1H3,(H,12,14)/t8-,9-. The molecule has 1 fully saturated rings. The van der Waals surface area contributed by atoms with E-state index in [9.17, 15) is 4.79 Å². The fourth-order valence-electron chi connectivity index (χ4n) is 1.86. The third-order valence-electron chi connectivity index (χ3n) is 2.80. The molecule has 1 rings (SSSR count). The highest BCUT2D eigenvalue weighted by Crippen LogP contribution is 2.24. The van der Waals surface area contributed by atoms with Gasteiger partial charge in [0.05, 0.1) is 0 Å². The van der Waals surface area contributed by atoms with Crippen LogP contribution in [0.1, 0.15) is 39.0 Å². The summed E-state index contributed by atoms with van der Waals surface area (Å²) in [5.41, 5.74) is 0. The number of hydrogen-bond donors (Lipinski definition) is 2. The zero-order chi connectivity index (χ0) is 10.4. The molecule has 0 radical (unpaired) electrons. The number of carbonyl (C=O) groups excluding carboxylic acids is 1. The maximum absolute atomic E-state index is 11.6. The summed E-state index contributed by atoms with van der Waals surface area (Å²) in [6.07, 6.45) is 5.36. The van der Waals surface area contributed by atoms with Gasteiger partial charge in [0, 0.05) is 41.4 Å². The molecule has 1 aliphatic rings. The first kappa shape index (κ1) is 12.2. The molecule has 14 heavy (non-hydrogen) atoms. The molecule has 0 spiro atoms. The summed E-state index contributed by atoms with van der Waals surface area (Å²) in [6, 6.07) is 0.617. The van der Waals surface area contributed by atoms with Gasteiger partial charge in [-0.1, -0.05) is 6.92 Å². The Kier molecular flexibility index (Phi) is 5.77. The Bertz CT molecular complexity index is 179. The van der Waals surface area contributed by atoms with Gasteiger partial charge >= 0.3 is 0 Å². The predicted octanol–water partition coefficient (Wildman–Crippen LogP) is 2.01. The Morgan fingerprint density at radius 3 is 2.50 bits per heavy atom. The highest BCUT2D eigenvalue weighted by Gasteiger charge is 2.25. The highest BCUT2D eigenvalue weighted by atomic mass is 127. The van der Waals surface area contributed by atoms with Crippen LogP contribution >= 0.6 is 22.9 Å². The minimum Gasteiger partial charge on any atom is -0.356 e. The second-order valence-corrected chi connectivity index (χ2v) is 4.57. The van der Waals surface area contributed by atoms with Crippen LogP contribution in [0.4, 0.5) is 0 Å². The van der Waals surface area contributed by atoms with E-state index in [2.05, 4.69) is 38.6 Å². The molecule has 0 aromatic carbocycles. The van der Waals surface area contributed by atoms with E-state index in [0.717, 1.165) is 38.6 Å². The zero-order valence-electron chi connectivity index (χ0n) is 8.68. The molecule has 0 saturated heterocycles. The Morgan fingerprint density at radius 2 is 2.00 bits per heavy atom. The van der Waals surface area contributed by atoms with Crippen LogP contribution in [0.3, 0.4) is 0 Å². The van der Waals surface area contributed by atoms with E-state index < -0.39 is 0 Å². The van der Waals surface area contributed by atoms with Gasteiger partial charge in [0.25, 0.3) is 0 Å². The molecule has 0 bridgehead atoms. The molecule has 82 valence electrons. The number of carbonyl (C=O) groups is 1. The first-order valence-electron chi connectivity index (χ1n) is 5.41. The lowest BCUT2D eigenvalue weighted by atomic mass is 9.86. The molecule has 1 saturated carbocycles. The molecule has 0 aromatic heterocycles. The Labute approximate surface area is 99.9 Å². The summed E-state index contributed by atoms with van der Waals surface area (Å²) in [4.78, 5) is 11.6. The maximum atomic E-state index is 11.6. The first-order valence-corrected chi connectivity index (χ1v) is 6.49. The molecule has 1 aliphatic carbocycles. The second-order valence-electron chi connectivity index (χ2n) is 3.95. The first-order chi connectivity index (χ1) is 6.77. The second kappa shape index (κ2) is 6.61. The van der Waals surface area contributed by atoms with Crippen molar-refractivity contribution < 1.29 is 4.79 Å². The summed E-state index contributed by atoms with van der Waals surface area (Å²) in [6.45, 7) is 2.90. The van der Waals surface area contributed by atoms with E-state index in [-0.39, 0.29) is 11.8 Å². The number of amides is 1. The van der Waals surface area contributed by atoms with Crippen molar-refractivity contribution in [1.82, 2.24) is 8.85 Å².